The fraction of sp³-hybridized carbons (Fsp3) is 0.100. The van der Waals surface area contributed by atoms with Crippen molar-refractivity contribution in [3.63, 3.8) is 0 Å². The van der Waals surface area contributed by atoms with Gasteiger partial charge < -0.3 is 18.9 Å². The number of halogens is 2. The standard InChI is InChI=1S/C20H15Cl2N3O3/c1-24-10-16(28-19-14(21)4-3-5-15(19)22)12(8-17(24)26)13-9-25(2)20(27)18-11(13)6-7-23-18/h3-10,23H,1-2H3. The Morgan fingerprint density at radius 1 is 0.964 bits per heavy atom. The van der Waals surface area contributed by atoms with E-state index in [9.17, 15) is 9.59 Å². The van der Waals surface area contributed by atoms with Gasteiger partial charge in [-0.3, -0.25) is 9.59 Å². The third kappa shape index (κ3) is 3.00. The molecule has 0 radical (unpaired) electrons. The van der Waals surface area contributed by atoms with E-state index in [1.807, 2.05) is 0 Å². The number of hydrogen-bond acceptors (Lipinski definition) is 3. The Morgan fingerprint density at radius 2 is 1.68 bits per heavy atom. The predicted octanol–water partition coefficient (Wildman–Crippen LogP) is 4.33. The summed E-state index contributed by atoms with van der Waals surface area (Å²) in [5, 5.41) is 1.38. The maximum Gasteiger partial charge on any atom is 0.274 e. The summed E-state index contributed by atoms with van der Waals surface area (Å²) in [6.07, 6.45) is 4.93. The second-order valence-corrected chi connectivity index (χ2v) is 7.19. The lowest BCUT2D eigenvalue weighted by Gasteiger charge is -2.15. The number of aryl methyl sites for hydroxylation is 2. The van der Waals surface area contributed by atoms with Crippen LogP contribution in [0, 0.1) is 0 Å². The normalized spacial score (nSPS) is 11.1. The van der Waals surface area contributed by atoms with Gasteiger partial charge in [0.05, 0.1) is 16.2 Å². The lowest BCUT2D eigenvalue weighted by molar-refractivity contribution is 0.478. The maximum absolute atomic E-state index is 12.4. The molecule has 8 heteroatoms. The second kappa shape index (κ2) is 6.89. The van der Waals surface area contributed by atoms with E-state index in [0.717, 1.165) is 0 Å². The molecule has 0 amide bonds. The molecule has 0 atom stereocenters. The molecule has 0 spiro atoms. The summed E-state index contributed by atoms with van der Waals surface area (Å²) in [5.74, 6) is 0.680. The molecule has 142 valence electrons. The molecular weight excluding hydrogens is 401 g/mol. The number of pyridine rings is 2. The molecule has 3 heterocycles. The van der Waals surface area contributed by atoms with Crippen molar-refractivity contribution in [1.82, 2.24) is 14.1 Å². The van der Waals surface area contributed by atoms with Crippen LogP contribution in [0.1, 0.15) is 0 Å². The fourth-order valence-corrected chi connectivity index (χ4v) is 3.55. The molecule has 1 N–H and O–H groups in total. The van der Waals surface area contributed by atoms with Crippen LogP contribution in [0.4, 0.5) is 0 Å². The molecule has 6 nitrogen and oxygen atoms in total. The highest BCUT2D eigenvalue weighted by Crippen LogP contribution is 2.40. The SMILES string of the molecule is Cn1cc(Oc2c(Cl)cccc2Cl)c(-c2cn(C)c(=O)c3[nH]ccc23)cc1=O. The Morgan fingerprint density at radius 3 is 2.39 bits per heavy atom. The first kappa shape index (κ1) is 18.4. The van der Waals surface area contributed by atoms with Gasteiger partial charge in [0.15, 0.2) is 11.5 Å². The Labute approximate surface area is 169 Å². The number of fused-ring (bicyclic) bond motifs is 1. The van der Waals surface area contributed by atoms with Crippen LogP contribution in [-0.4, -0.2) is 14.1 Å². The fourth-order valence-electron chi connectivity index (χ4n) is 3.07. The third-order valence-corrected chi connectivity index (χ3v) is 5.10. The zero-order valence-electron chi connectivity index (χ0n) is 15.0. The van der Waals surface area contributed by atoms with Crippen LogP contribution in [-0.2, 0) is 14.1 Å². The van der Waals surface area contributed by atoms with Gasteiger partial charge in [0.25, 0.3) is 11.1 Å². The highest BCUT2D eigenvalue weighted by atomic mass is 35.5. The minimum Gasteiger partial charge on any atom is -0.452 e. The molecule has 0 aliphatic heterocycles. The molecule has 1 aromatic carbocycles. The Bertz CT molecular complexity index is 1310. The number of rotatable bonds is 3. The quantitative estimate of drug-likeness (QED) is 0.541. The van der Waals surface area contributed by atoms with Gasteiger partial charge in [0.1, 0.15) is 5.52 Å². The number of ether oxygens (including phenoxy) is 1. The van der Waals surface area contributed by atoms with Crippen LogP contribution in [0.2, 0.25) is 10.0 Å². The molecule has 0 aliphatic rings. The van der Waals surface area contributed by atoms with E-state index < -0.39 is 0 Å². The van der Waals surface area contributed by atoms with Crippen molar-refractivity contribution in [2.45, 2.75) is 0 Å². The average Bonchev–Trinajstić information content (AvgIpc) is 3.14. The summed E-state index contributed by atoms with van der Waals surface area (Å²) in [6, 6.07) is 8.31. The molecule has 3 aromatic heterocycles. The summed E-state index contributed by atoms with van der Waals surface area (Å²) in [6.45, 7) is 0. The van der Waals surface area contributed by atoms with Crippen LogP contribution in [0.15, 0.2) is 58.5 Å². The summed E-state index contributed by atoms with van der Waals surface area (Å²) in [5.41, 5.74) is 1.27. The Kier molecular flexibility index (Phi) is 4.53. The van der Waals surface area contributed by atoms with E-state index in [4.69, 9.17) is 27.9 Å². The average molecular weight is 416 g/mol. The highest BCUT2D eigenvalue weighted by molar-refractivity contribution is 6.37. The van der Waals surface area contributed by atoms with Crippen molar-refractivity contribution in [1.29, 1.82) is 0 Å². The number of benzene rings is 1. The van der Waals surface area contributed by atoms with E-state index in [0.29, 0.717) is 43.6 Å². The van der Waals surface area contributed by atoms with E-state index in [1.54, 1.807) is 57.0 Å². The molecule has 4 aromatic rings. The van der Waals surface area contributed by atoms with E-state index in [2.05, 4.69) is 4.98 Å². The zero-order valence-corrected chi connectivity index (χ0v) is 16.5. The van der Waals surface area contributed by atoms with E-state index in [1.165, 1.54) is 15.2 Å². The zero-order chi connectivity index (χ0) is 20.0. The molecule has 0 aliphatic carbocycles. The molecular formula is C20H15Cl2N3O3. The predicted molar refractivity (Wildman–Crippen MR) is 111 cm³/mol. The van der Waals surface area contributed by atoms with Crippen molar-refractivity contribution in [3.05, 3.63) is 79.7 Å². The number of aromatic amines is 1. The Hall–Kier alpha value is -2.96. The highest BCUT2D eigenvalue weighted by Gasteiger charge is 2.18. The van der Waals surface area contributed by atoms with E-state index >= 15 is 0 Å². The first-order valence-electron chi connectivity index (χ1n) is 8.36. The largest absolute Gasteiger partial charge is 0.452 e. The molecule has 0 saturated heterocycles. The summed E-state index contributed by atoms with van der Waals surface area (Å²) >= 11 is 12.5. The lowest BCUT2D eigenvalue weighted by atomic mass is 10.0. The first-order valence-corrected chi connectivity index (χ1v) is 9.12. The number of hydrogen-bond donors (Lipinski definition) is 1. The van der Waals surface area contributed by atoms with Crippen molar-refractivity contribution in [2.24, 2.45) is 14.1 Å². The second-order valence-electron chi connectivity index (χ2n) is 6.38. The van der Waals surface area contributed by atoms with Crippen LogP contribution < -0.4 is 15.9 Å². The molecule has 28 heavy (non-hydrogen) atoms. The minimum absolute atomic E-state index is 0.163. The molecule has 0 unspecified atom stereocenters. The van der Waals surface area contributed by atoms with Crippen molar-refractivity contribution >= 4 is 34.1 Å². The molecule has 0 fully saturated rings. The van der Waals surface area contributed by atoms with Gasteiger partial charge in [-0.15, -0.1) is 0 Å². The smallest absolute Gasteiger partial charge is 0.274 e. The van der Waals surface area contributed by atoms with Gasteiger partial charge >= 0.3 is 0 Å². The monoisotopic (exact) mass is 415 g/mol. The van der Waals surface area contributed by atoms with Crippen molar-refractivity contribution < 1.29 is 4.74 Å². The lowest BCUT2D eigenvalue weighted by Crippen LogP contribution is -2.18. The number of nitrogens with zero attached hydrogens (tertiary/aromatic N) is 2. The molecule has 0 bridgehead atoms. The Balaban J connectivity index is 2.00. The van der Waals surface area contributed by atoms with Gasteiger partial charge in [0.2, 0.25) is 0 Å². The van der Waals surface area contributed by atoms with Gasteiger partial charge in [-0.05, 0) is 18.2 Å². The third-order valence-electron chi connectivity index (χ3n) is 4.51. The van der Waals surface area contributed by atoms with E-state index in [-0.39, 0.29) is 11.1 Å². The minimum atomic E-state index is -0.217. The summed E-state index contributed by atoms with van der Waals surface area (Å²) < 4.78 is 8.89. The summed E-state index contributed by atoms with van der Waals surface area (Å²) in [7, 11) is 3.28. The van der Waals surface area contributed by atoms with Gasteiger partial charge in [-0.2, -0.15) is 0 Å². The van der Waals surface area contributed by atoms with Crippen molar-refractivity contribution in [2.75, 3.05) is 0 Å². The van der Waals surface area contributed by atoms with Crippen LogP contribution >= 0.6 is 23.2 Å². The van der Waals surface area contributed by atoms with Gasteiger partial charge in [0, 0.05) is 49.1 Å². The number of aromatic nitrogens is 3. The van der Waals surface area contributed by atoms with Crippen molar-refractivity contribution in [3.8, 4) is 22.6 Å². The van der Waals surface area contributed by atoms with Crippen LogP contribution in [0.3, 0.4) is 0 Å². The van der Waals surface area contributed by atoms with Gasteiger partial charge in [-0.1, -0.05) is 29.3 Å². The van der Waals surface area contributed by atoms with Crippen LogP contribution in [0.5, 0.6) is 11.5 Å². The number of nitrogens with one attached hydrogen (secondary N) is 1. The number of H-pyrrole nitrogens is 1. The van der Waals surface area contributed by atoms with Crippen LogP contribution in [0.25, 0.3) is 22.0 Å². The maximum atomic E-state index is 12.4. The topological polar surface area (TPSA) is 69.0 Å². The first-order chi connectivity index (χ1) is 13.4. The molecule has 4 rings (SSSR count). The van der Waals surface area contributed by atoms with Gasteiger partial charge in [-0.25, -0.2) is 0 Å². The number of para-hydroxylation sites is 1. The summed E-state index contributed by atoms with van der Waals surface area (Å²) in [4.78, 5) is 27.7. The molecule has 0 saturated carbocycles.